The molecule has 2 heterocycles. The van der Waals surface area contributed by atoms with Gasteiger partial charge in [-0.05, 0) is 76.8 Å². The molecule has 5 heteroatoms. The Balaban J connectivity index is 1.36. The van der Waals surface area contributed by atoms with E-state index in [0.717, 1.165) is 42.0 Å². The summed E-state index contributed by atoms with van der Waals surface area (Å²) in [4.78, 5) is 26.7. The molecule has 4 nitrogen and oxygen atoms in total. The molecule has 1 saturated carbocycles. The molecule has 4 aromatic rings. The molecule has 6 rings (SSSR count). The van der Waals surface area contributed by atoms with Gasteiger partial charge in [0.1, 0.15) is 6.04 Å². The minimum atomic E-state index is -0.489. The second-order valence-corrected chi connectivity index (χ2v) is 10.6. The number of hydrogen-bond donors (Lipinski definition) is 1. The van der Waals surface area contributed by atoms with Gasteiger partial charge in [-0.1, -0.05) is 61.5 Å². The van der Waals surface area contributed by atoms with E-state index >= 15 is 0 Å². The summed E-state index contributed by atoms with van der Waals surface area (Å²) in [6.45, 7) is 2.10. The van der Waals surface area contributed by atoms with Crippen molar-refractivity contribution < 1.29 is 4.79 Å². The number of aryl methyl sites for hydroxylation is 1. The lowest BCUT2D eigenvalue weighted by Crippen LogP contribution is -2.33. The standard InChI is InChI=1S/C30H28N2O2S/c1-2-19-7-5-11-24(15-19)31-29(34)26-18-35-30-28(21-13-14-21)23(17-27(33)32(26)30)16-22-10-6-9-20-8-3-4-12-25(20)22/h3-12,15,17,21,26H,2,13-14,16,18H2,1H3,(H,31,34). The molecular weight excluding hydrogens is 452 g/mol. The SMILES string of the molecule is CCc1cccc(NC(=O)C2CSc3c(C4CC4)c(Cc4cccc5ccccc45)cc(=O)n32)c1. The van der Waals surface area contributed by atoms with E-state index in [2.05, 4.69) is 60.8 Å². The lowest BCUT2D eigenvalue weighted by molar-refractivity contribution is -0.118. The maximum absolute atomic E-state index is 13.4. The number of carbonyl (C=O) groups excluding carboxylic acids is 1. The van der Waals surface area contributed by atoms with Crippen molar-refractivity contribution in [2.45, 2.75) is 49.6 Å². The van der Waals surface area contributed by atoms with Crippen LogP contribution < -0.4 is 10.9 Å². The fraction of sp³-hybridized carbons (Fsp3) is 0.267. The molecule has 0 radical (unpaired) electrons. The number of amides is 1. The molecular formula is C30H28N2O2S. The molecule has 176 valence electrons. The number of fused-ring (bicyclic) bond motifs is 2. The molecule has 1 aromatic heterocycles. The molecule has 1 unspecified atom stereocenters. The van der Waals surface area contributed by atoms with Crippen LogP contribution >= 0.6 is 11.8 Å². The summed E-state index contributed by atoms with van der Waals surface area (Å²) in [6.07, 6.45) is 3.94. The van der Waals surface area contributed by atoms with Crippen LogP contribution in [0.25, 0.3) is 10.8 Å². The van der Waals surface area contributed by atoms with Crippen LogP contribution in [0.4, 0.5) is 5.69 Å². The van der Waals surface area contributed by atoms with E-state index in [0.29, 0.717) is 11.7 Å². The van der Waals surface area contributed by atoms with Crippen LogP contribution in [0.1, 0.15) is 54.0 Å². The van der Waals surface area contributed by atoms with E-state index in [-0.39, 0.29) is 11.5 Å². The molecule has 1 aliphatic heterocycles. The van der Waals surface area contributed by atoms with Gasteiger partial charge in [-0.2, -0.15) is 0 Å². The first-order chi connectivity index (χ1) is 17.1. The average Bonchev–Trinajstić information content (AvgIpc) is 3.61. The fourth-order valence-electron chi connectivity index (χ4n) is 5.23. The Morgan fingerprint density at radius 2 is 1.80 bits per heavy atom. The second-order valence-electron chi connectivity index (χ2n) is 9.56. The highest BCUT2D eigenvalue weighted by atomic mass is 32.2. The van der Waals surface area contributed by atoms with Gasteiger partial charge in [0, 0.05) is 17.5 Å². The van der Waals surface area contributed by atoms with Crippen LogP contribution in [0.15, 0.2) is 82.6 Å². The normalized spacial score (nSPS) is 16.9. The van der Waals surface area contributed by atoms with E-state index in [1.807, 2.05) is 18.2 Å². The van der Waals surface area contributed by atoms with E-state index in [4.69, 9.17) is 0 Å². The number of nitrogens with one attached hydrogen (secondary N) is 1. The first kappa shape index (κ1) is 22.2. The zero-order chi connectivity index (χ0) is 23.9. The number of pyridine rings is 1. The molecule has 1 amide bonds. The molecule has 0 spiro atoms. The summed E-state index contributed by atoms with van der Waals surface area (Å²) in [7, 11) is 0. The van der Waals surface area contributed by atoms with Crippen molar-refractivity contribution in [1.82, 2.24) is 4.57 Å². The quantitative estimate of drug-likeness (QED) is 0.351. The van der Waals surface area contributed by atoms with Gasteiger partial charge < -0.3 is 5.32 Å². The molecule has 0 bridgehead atoms. The third-order valence-corrected chi connectivity index (χ3v) is 8.34. The Morgan fingerprint density at radius 3 is 2.63 bits per heavy atom. The summed E-state index contributed by atoms with van der Waals surface area (Å²) < 4.78 is 1.75. The number of carbonyl (C=O) groups is 1. The van der Waals surface area contributed by atoms with Gasteiger partial charge in [-0.3, -0.25) is 14.2 Å². The maximum Gasteiger partial charge on any atom is 0.252 e. The number of hydrogen-bond acceptors (Lipinski definition) is 3. The van der Waals surface area contributed by atoms with Crippen molar-refractivity contribution >= 4 is 34.1 Å². The minimum absolute atomic E-state index is 0.0768. The van der Waals surface area contributed by atoms with E-state index < -0.39 is 6.04 Å². The van der Waals surface area contributed by atoms with E-state index in [1.165, 1.54) is 27.5 Å². The minimum Gasteiger partial charge on any atom is -0.324 e. The van der Waals surface area contributed by atoms with Crippen LogP contribution in [-0.4, -0.2) is 16.2 Å². The second kappa shape index (κ2) is 9.04. The zero-order valence-electron chi connectivity index (χ0n) is 19.8. The first-order valence-corrected chi connectivity index (χ1v) is 13.4. The Hall–Kier alpha value is -3.31. The number of thioether (sulfide) groups is 1. The summed E-state index contributed by atoms with van der Waals surface area (Å²) in [5.74, 6) is 0.957. The van der Waals surface area contributed by atoms with Gasteiger partial charge in [0.15, 0.2) is 0 Å². The number of rotatable bonds is 6. The molecule has 1 N–H and O–H groups in total. The van der Waals surface area contributed by atoms with Crippen LogP contribution in [0.2, 0.25) is 0 Å². The Kier molecular flexibility index (Phi) is 5.73. The third kappa shape index (κ3) is 4.19. The highest BCUT2D eigenvalue weighted by Crippen LogP contribution is 2.48. The van der Waals surface area contributed by atoms with Crippen molar-refractivity contribution in [2.24, 2.45) is 0 Å². The summed E-state index contributed by atoms with van der Waals surface area (Å²) in [5.41, 5.74) is 5.52. The smallest absolute Gasteiger partial charge is 0.252 e. The first-order valence-electron chi connectivity index (χ1n) is 12.4. The number of aromatic nitrogens is 1. The molecule has 3 aromatic carbocycles. The summed E-state index contributed by atoms with van der Waals surface area (Å²) >= 11 is 1.66. The maximum atomic E-state index is 13.4. The van der Waals surface area contributed by atoms with Crippen LogP contribution in [0.3, 0.4) is 0 Å². The van der Waals surface area contributed by atoms with Gasteiger partial charge in [-0.25, -0.2) is 0 Å². The van der Waals surface area contributed by atoms with Crippen molar-refractivity contribution in [1.29, 1.82) is 0 Å². The van der Waals surface area contributed by atoms with E-state index in [9.17, 15) is 9.59 Å². The van der Waals surface area contributed by atoms with Crippen molar-refractivity contribution in [3.05, 3.63) is 105 Å². The average molecular weight is 481 g/mol. The largest absolute Gasteiger partial charge is 0.324 e. The van der Waals surface area contributed by atoms with Crippen LogP contribution in [0, 0.1) is 0 Å². The monoisotopic (exact) mass is 480 g/mol. The lowest BCUT2D eigenvalue weighted by atomic mass is 9.95. The molecule has 1 aliphatic carbocycles. The third-order valence-electron chi connectivity index (χ3n) is 7.17. The summed E-state index contributed by atoms with van der Waals surface area (Å²) in [5, 5.41) is 6.50. The molecule has 0 saturated heterocycles. The molecule has 1 atom stereocenters. The van der Waals surface area contributed by atoms with Crippen molar-refractivity contribution in [2.75, 3.05) is 11.1 Å². The van der Waals surface area contributed by atoms with Crippen LogP contribution in [0.5, 0.6) is 0 Å². The number of anilines is 1. The Labute approximate surface area is 209 Å². The van der Waals surface area contributed by atoms with Crippen molar-refractivity contribution in [3.8, 4) is 0 Å². The lowest BCUT2D eigenvalue weighted by Gasteiger charge is -2.18. The van der Waals surface area contributed by atoms with Gasteiger partial charge in [-0.15, -0.1) is 11.8 Å². The molecule has 2 aliphatic rings. The van der Waals surface area contributed by atoms with Crippen LogP contribution in [-0.2, 0) is 17.6 Å². The topological polar surface area (TPSA) is 51.1 Å². The highest BCUT2D eigenvalue weighted by molar-refractivity contribution is 7.99. The molecule has 1 fully saturated rings. The van der Waals surface area contributed by atoms with Gasteiger partial charge >= 0.3 is 0 Å². The zero-order valence-corrected chi connectivity index (χ0v) is 20.6. The van der Waals surface area contributed by atoms with Crippen molar-refractivity contribution in [3.63, 3.8) is 0 Å². The van der Waals surface area contributed by atoms with E-state index in [1.54, 1.807) is 22.4 Å². The number of nitrogens with zero attached hydrogens (tertiary/aromatic N) is 1. The Bertz CT molecular complexity index is 1500. The Morgan fingerprint density at radius 1 is 1.00 bits per heavy atom. The molecule has 35 heavy (non-hydrogen) atoms. The highest BCUT2D eigenvalue weighted by Gasteiger charge is 2.37. The number of benzene rings is 3. The predicted molar refractivity (Wildman–Crippen MR) is 144 cm³/mol. The summed E-state index contributed by atoms with van der Waals surface area (Å²) in [6, 6.07) is 24.0. The predicted octanol–water partition coefficient (Wildman–Crippen LogP) is 6.32. The van der Waals surface area contributed by atoms with Gasteiger partial charge in [0.25, 0.3) is 5.56 Å². The van der Waals surface area contributed by atoms with Gasteiger partial charge in [0.05, 0.1) is 5.03 Å². The van der Waals surface area contributed by atoms with Gasteiger partial charge in [0.2, 0.25) is 5.91 Å². The fourth-order valence-corrected chi connectivity index (χ4v) is 6.66.